The van der Waals surface area contributed by atoms with Crippen molar-refractivity contribution < 1.29 is 14.5 Å². The minimum atomic E-state index is -0.538. The fourth-order valence-electron chi connectivity index (χ4n) is 2.62. The lowest BCUT2D eigenvalue weighted by Gasteiger charge is -2.11. The number of nitrogens with zero attached hydrogens (tertiary/aromatic N) is 4. The van der Waals surface area contributed by atoms with E-state index in [1.807, 2.05) is 0 Å². The molecule has 1 aromatic heterocycles. The molecule has 2 N–H and O–H groups in total. The highest BCUT2D eigenvalue weighted by atomic mass is 79.9. The van der Waals surface area contributed by atoms with Gasteiger partial charge in [-0.25, -0.2) is 4.68 Å². The van der Waals surface area contributed by atoms with Crippen molar-refractivity contribution in [3.8, 4) is 5.69 Å². The number of anilines is 2. The Hall–Kier alpha value is -3.60. The summed E-state index contributed by atoms with van der Waals surface area (Å²) >= 11 is 3.33. The van der Waals surface area contributed by atoms with Gasteiger partial charge in [0, 0.05) is 23.5 Å². The van der Waals surface area contributed by atoms with Crippen LogP contribution in [0, 0.1) is 17.0 Å². The van der Waals surface area contributed by atoms with Gasteiger partial charge in [-0.05, 0) is 31.2 Å². The Balaban J connectivity index is 1.91. The highest BCUT2D eigenvalue weighted by molar-refractivity contribution is 9.10. The van der Waals surface area contributed by atoms with E-state index in [1.54, 1.807) is 31.2 Å². The predicted molar refractivity (Wildman–Crippen MR) is 109 cm³/mol. The van der Waals surface area contributed by atoms with Crippen LogP contribution in [0.3, 0.4) is 0 Å². The average Bonchev–Trinajstić information content (AvgIpc) is 3.05. The van der Waals surface area contributed by atoms with Crippen LogP contribution in [0.1, 0.15) is 23.1 Å². The zero-order valence-corrected chi connectivity index (χ0v) is 16.9. The van der Waals surface area contributed by atoms with E-state index in [0.717, 1.165) is 0 Å². The van der Waals surface area contributed by atoms with E-state index in [-0.39, 0.29) is 17.3 Å². The van der Waals surface area contributed by atoms with Crippen LogP contribution in [0.2, 0.25) is 0 Å². The van der Waals surface area contributed by atoms with E-state index in [2.05, 4.69) is 36.9 Å². The molecule has 11 heteroatoms. The van der Waals surface area contributed by atoms with Gasteiger partial charge in [0.25, 0.3) is 11.6 Å². The molecule has 2 amide bonds. The van der Waals surface area contributed by atoms with Crippen molar-refractivity contribution in [2.45, 2.75) is 13.8 Å². The third-order valence-corrected chi connectivity index (χ3v) is 4.43. The summed E-state index contributed by atoms with van der Waals surface area (Å²) in [6.07, 6.45) is 0. The highest BCUT2D eigenvalue weighted by Crippen LogP contribution is 2.27. The van der Waals surface area contributed by atoms with Crippen molar-refractivity contribution >= 4 is 44.8 Å². The first kappa shape index (κ1) is 20.1. The van der Waals surface area contributed by atoms with Crippen LogP contribution in [-0.2, 0) is 4.79 Å². The van der Waals surface area contributed by atoms with Crippen molar-refractivity contribution in [3.63, 3.8) is 0 Å². The van der Waals surface area contributed by atoms with E-state index in [1.165, 1.54) is 29.8 Å². The maximum absolute atomic E-state index is 12.7. The molecule has 0 atom stereocenters. The van der Waals surface area contributed by atoms with Crippen molar-refractivity contribution in [1.29, 1.82) is 0 Å². The summed E-state index contributed by atoms with van der Waals surface area (Å²) in [5, 5.41) is 24.2. The molecule has 0 bridgehead atoms. The monoisotopic (exact) mass is 458 g/mol. The summed E-state index contributed by atoms with van der Waals surface area (Å²) in [5.74, 6) is -0.820. The fraction of sp³-hybridized carbons (Fsp3) is 0.111. The zero-order valence-electron chi connectivity index (χ0n) is 15.3. The van der Waals surface area contributed by atoms with Gasteiger partial charge >= 0.3 is 0 Å². The summed E-state index contributed by atoms with van der Waals surface area (Å²) in [4.78, 5) is 34.6. The predicted octanol–water partition coefficient (Wildman–Crippen LogP) is 3.46. The molecule has 0 fully saturated rings. The van der Waals surface area contributed by atoms with Gasteiger partial charge in [-0.2, -0.15) is 0 Å². The lowest BCUT2D eigenvalue weighted by Crippen LogP contribution is -2.16. The van der Waals surface area contributed by atoms with Crippen LogP contribution in [-0.4, -0.2) is 31.7 Å². The Labute approximate surface area is 173 Å². The number of carbonyl (C=O) groups is 2. The Morgan fingerprint density at radius 3 is 2.59 bits per heavy atom. The second-order valence-corrected chi connectivity index (χ2v) is 6.95. The molecular weight excluding hydrogens is 444 g/mol. The third kappa shape index (κ3) is 4.46. The lowest BCUT2D eigenvalue weighted by molar-refractivity contribution is -0.384. The highest BCUT2D eigenvalue weighted by Gasteiger charge is 2.20. The molecule has 148 valence electrons. The summed E-state index contributed by atoms with van der Waals surface area (Å²) in [5.41, 5.74) is 1.56. The Kier molecular flexibility index (Phi) is 5.69. The van der Waals surface area contributed by atoms with E-state index in [0.29, 0.717) is 27.2 Å². The summed E-state index contributed by atoms with van der Waals surface area (Å²) in [7, 11) is 0. The molecule has 0 saturated heterocycles. The summed E-state index contributed by atoms with van der Waals surface area (Å²) in [6.45, 7) is 2.99. The van der Waals surface area contributed by atoms with Crippen LogP contribution >= 0.6 is 15.9 Å². The van der Waals surface area contributed by atoms with Crippen molar-refractivity contribution in [2.75, 3.05) is 10.6 Å². The molecule has 0 aliphatic carbocycles. The zero-order chi connectivity index (χ0) is 21.1. The Morgan fingerprint density at radius 2 is 1.90 bits per heavy atom. The van der Waals surface area contributed by atoms with Crippen LogP contribution < -0.4 is 10.6 Å². The molecule has 0 aliphatic rings. The molecule has 0 unspecified atom stereocenters. The number of hydrogen-bond donors (Lipinski definition) is 2. The molecule has 10 nitrogen and oxygen atoms in total. The average molecular weight is 459 g/mol. The molecule has 0 radical (unpaired) electrons. The van der Waals surface area contributed by atoms with Gasteiger partial charge < -0.3 is 10.6 Å². The topological polar surface area (TPSA) is 132 Å². The molecule has 3 aromatic rings. The number of hydrogen-bond acceptors (Lipinski definition) is 6. The minimum Gasteiger partial charge on any atom is -0.325 e. The summed E-state index contributed by atoms with van der Waals surface area (Å²) < 4.78 is 2.05. The standard InChI is InChI=1S/C18H15BrN6O4/c1-10-17(22-23-24(10)13-4-3-5-14(9-13)25(28)29)18(27)21-16-8-12(19)6-7-15(16)20-11(2)26/h3-9H,1-2H3,(H,20,26)(H,21,27). The molecule has 29 heavy (non-hydrogen) atoms. The van der Waals surface area contributed by atoms with E-state index in [9.17, 15) is 19.7 Å². The smallest absolute Gasteiger partial charge is 0.278 e. The number of nitrogens with one attached hydrogen (secondary N) is 2. The number of nitro groups is 1. The normalized spacial score (nSPS) is 10.4. The number of halogens is 1. The number of carbonyl (C=O) groups excluding carboxylic acids is 2. The second-order valence-electron chi connectivity index (χ2n) is 6.04. The molecule has 1 heterocycles. The van der Waals surface area contributed by atoms with Gasteiger partial charge in [0.15, 0.2) is 5.69 Å². The van der Waals surface area contributed by atoms with Crippen LogP contribution in [0.4, 0.5) is 17.1 Å². The maximum atomic E-state index is 12.7. The van der Waals surface area contributed by atoms with E-state index in [4.69, 9.17) is 0 Å². The Bertz CT molecular complexity index is 1130. The SMILES string of the molecule is CC(=O)Nc1ccc(Br)cc1NC(=O)c1nnn(-c2cccc([N+](=O)[O-])c2)c1C. The van der Waals surface area contributed by atoms with Gasteiger partial charge in [-0.3, -0.25) is 19.7 Å². The summed E-state index contributed by atoms with van der Waals surface area (Å²) in [6, 6.07) is 10.9. The maximum Gasteiger partial charge on any atom is 0.278 e. The van der Waals surface area contributed by atoms with Gasteiger partial charge in [-0.1, -0.05) is 27.2 Å². The number of non-ortho nitro benzene ring substituents is 1. The molecule has 0 aliphatic heterocycles. The minimum absolute atomic E-state index is 0.0465. The third-order valence-electron chi connectivity index (χ3n) is 3.94. The van der Waals surface area contributed by atoms with Gasteiger partial charge in [-0.15, -0.1) is 5.10 Å². The number of rotatable bonds is 5. The number of nitro benzene ring substituents is 1. The lowest BCUT2D eigenvalue weighted by atomic mass is 10.2. The molecule has 2 aromatic carbocycles. The quantitative estimate of drug-likeness (QED) is 0.444. The first-order chi connectivity index (χ1) is 13.8. The van der Waals surface area contributed by atoms with E-state index >= 15 is 0 Å². The second kappa shape index (κ2) is 8.19. The van der Waals surface area contributed by atoms with Crippen molar-refractivity contribution in [2.24, 2.45) is 0 Å². The number of aromatic nitrogens is 3. The number of amides is 2. The van der Waals surface area contributed by atoms with Gasteiger partial charge in [0.1, 0.15) is 0 Å². The molecular formula is C18H15BrN6O4. The fourth-order valence-corrected chi connectivity index (χ4v) is 2.98. The van der Waals surface area contributed by atoms with Gasteiger partial charge in [0.2, 0.25) is 5.91 Å². The molecule has 0 saturated carbocycles. The van der Waals surface area contributed by atoms with Crippen LogP contribution in [0.5, 0.6) is 0 Å². The molecule has 3 rings (SSSR count). The van der Waals surface area contributed by atoms with Crippen molar-refractivity contribution in [3.05, 3.63) is 68.4 Å². The largest absolute Gasteiger partial charge is 0.325 e. The van der Waals surface area contributed by atoms with E-state index < -0.39 is 10.8 Å². The Morgan fingerprint density at radius 1 is 1.14 bits per heavy atom. The van der Waals surface area contributed by atoms with Crippen LogP contribution in [0.25, 0.3) is 5.69 Å². The van der Waals surface area contributed by atoms with Gasteiger partial charge in [0.05, 0.1) is 27.7 Å². The first-order valence-corrected chi connectivity index (χ1v) is 9.11. The van der Waals surface area contributed by atoms with Crippen LogP contribution in [0.15, 0.2) is 46.9 Å². The molecule has 0 spiro atoms. The first-order valence-electron chi connectivity index (χ1n) is 8.32. The van der Waals surface area contributed by atoms with Crippen molar-refractivity contribution in [1.82, 2.24) is 15.0 Å². The number of benzene rings is 2.